The number of fused-ring (bicyclic) bond motifs is 1. The Morgan fingerprint density at radius 3 is 2.44 bits per heavy atom. The Kier molecular flexibility index (Phi) is 5.24. The molecule has 1 N–H and O–H groups in total. The van der Waals surface area contributed by atoms with Crippen molar-refractivity contribution in [3.8, 4) is 0 Å². The van der Waals surface area contributed by atoms with Crippen LogP contribution in [0, 0.1) is 0 Å². The van der Waals surface area contributed by atoms with Gasteiger partial charge in [-0.3, -0.25) is 4.79 Å². The number of amides is 1. The number of nitrogens with zero attached hydrogens (tertiary/aromatic N) is 1. The molecule has 0 saturated heterocycles. The van der Waals surface area contributed by atoms with Gasteiger partial charge < -0.3 is 0 Å². The average molecular weight is 330 g/mol. The van der Waals surface area contributed by atoms with Gasteiger partial charge in [-0.1, -0.05) is 74.0 Å². The highest BCUT2D eigenvalue weighted by atomic mass is 16.2. The summed E-state index contributed by atoms with van der Waals surface area (Å²) in [5, 5.41) is 6.24. The van der Waals surface area contributed by atoms with Crippen LogP contribution in [0.4, 0.5) is 0 Å². The van der Waals surface area contributed by atoms with E-state index in [0.717, 1.165) is 34.9 Å². The Bertz CT molecular complexity index is 905. The maximum absolute atomic E-state index is 12.5. The molecule has 0 aliphatic heterocycles. The normalized spacial score (nSPS) is 11.5. The van der Waals surface area contributed by atoms with Crippen LogP contribution in [-0.2, 0) is 6.42 Å². The van der Waals surface area contributed by atoms with E-state index in [0.29, 0.717) is 5.56 Å². The molecule has 1 amide bonds. The molecule has 0 atom stereocenters. The number of carbonyl (C=O) groups excluding carboxylic acids is 1. The fourth-order valence-corrected chi connectivity index (χ4v) is 2.88. The lowest BCUT2D eigenvalue weighted by molar-refractivity contribution is 0.0956. The monoisotopic (exact) mass is 330 g/mol. The first-order valence-corrected chi connectivity index (χ1v) is 8.60. The zero-order chi connectivity index (χ0) is 17.6. The van der Waals surface area contributed by atoms with Crippen molar-refractivity contribution >= 4 is 22.4 Å². The molecule has 3 nitrogen and oxygen atoms in total. The molecule has 3 aromatic rings. The lowest BCUT2D eigenvalue weighted by atomic mass is 10.0. The van der Waals surface area contributed by atoms with Crippen LogP contribution in [0.5, 0.6) is 0 Å². The van der Waals surface area contributed by atoms with E-state index < -0.39 is 0 Å². The maximum atomic E-state index is 12.5. The molecule has 0 fully saturated rings. The van der Waals surface area contributed by atoms with Crippen LogP contribution in [0.1, 0.15) is 41.8 Å². The highest BCUT2D eigenvalue weighted by Gasteiger charge is 2.09. The smallest absolute Gasteiger partial charge is 0.267 e. The Labute approximate surface area is 148 Å². The first-order valence-electron chi connectivity index (χ1n) is 8.60. The second-order valence-electron chi connectivity index (χ2n) is 6.11. The van der Waals surface area contributed by atoms with Gasteiger partial charge >= 0.3 is 0 Å². The molecular weight excluding hydrogens is 308 g/mol. The van der Waals surface area contributed by atoms with Crippen molar-refractivity contribution < 1.29 is 4.79 Å². The molecule has 0 aliphatic rings. The summed E-state index contributed by atoms with van der Waals surface area (Å²) in [5.74, 6) is -0.196. The molecule has 0 unspecified atom stereocenters. The van der Waals surface area contributed by atoms with Gasteiger partial charge in [0.15, 0.2) is 0 Å². The van der Waals surface area contributed by atoms with E-state index in [1.54, 1.807) is 0 Å². The quantitative estimate of drug-likeness (QED) is 0.522. The Morgan fingerprint density at radius 1 is 0.960 bits per heavy atom. The van der Waals surface area contributed by atoms with Gasteiger partial charge in [-0.15, -0.1) is 0 Å². The molecule has 3 heteroatoms. The van der Waals surface area contributed by atoms with Crippen LogP contribution in [0.25, 0.3) is 10.8 Å². The van der Waals surface area contributed by atoms with Crippen LogP contribution in [-0.4, -0.2) is 11.6 Å². The fraction of sp³-hybridized carbons (Fsp3) is 0.182. The van der Waals surface area contributed by atoms with Crippen LogP contribution in [0.15, 0.2) is 71.8 Å². The molecule has 3 aromatic carbocycles. The Morgan fingerprint density at radius 2 is 1.68 bits per heavy atom. The third kappa shape index (κ3) is 3.94. The van der Waals surface area contributed by atoms with E-state index in [1.165, 1.54) is 5.56 Å². The van der Waals surface area contributed by atoms with Crippen LogP contribution in [0.2, 0.25) is 0 Å². The van der Waals surface area contributed by atoms with E-state index in [1.807, 2.05) is 61.5 Å². The molecule has 0 spiro atoms. The van der Waals surface area contributed by atoms with E-state index in [-0.39, 0.29) is 5.91 Å². The van der Waals surface area contributed by atoms with E-state index in [2.05, 4.69) is 29.6 Å². The lowest BCUT2D eigenvalue weighted by Gasteiger charge is -2.07. The molecule has 25 heavy (non-hydrogen) atoms. The van der Waals surface area contributed by atoms with Gasteiger partial charge in [-0.05, 0) is 41.3 Å². The first kappa shape index (κ1) is 16.9. The summed E-state index contributed by atoms with van der Waals surface area (Å²) in [4.78, 5) is 12.5. The average Bonchev–Trinajstić information content (AvgIpc) is 2.66. The molecule has 0 bridgehead atoms. The Hall–Kier alpha value is -2.94. The highest BCUT2D eigenvalue weighted by molar-refractivity contribution is 6.07. The van der Waals surface area contributed by atoms with Crippen molar-refractivity contribution in [3.05, 3.63) is 83.4 Å². The first-order chi connectivity index (χ1) is 12.2. The van der Waals surface area contributed by atoms with Crippen molar-refractivity contribution in [2.45, 2.75) is 26.7 Å². The minimum Gasteiger partial charge on any atom is -0.267 e. The highest BCUT2D eigenvalue weighted by Crippen LogP contribution is 2.18. The molecule has 0 saturated carbocycles. The largest absolute Gasteiger partial charge is 0.272 e. The predicted molar refractivity (Wildman–Crippen MR) is 104 cm³/mol. The predicted octanol–water partition coefficient (Wildman–Crippen LogP) is 4.95. The number of nitrogens with one attached hydrogen (secondary N) is 1. The second kappa shape index (κ2) is 7.75. The standard InChI is InChI=1S/C22H22N2O/c1-3-7-17-12-14-18(15-13-17)16(2)23-24-22(25)21-11-6-9-19-8-4-5-10-20(19)21/h4-6,8-15H,3,7H2,1-2H3,(H,24,25). The molecule has 0 aromatic heterocycles. The van der Waals surface area contributed by atoms with E-state index in [9.17, 15) is 4.79 Å². The number of benzene rings is 3. The molecule has 0 heterocycles. The zero-order valence-corrected chi connectivity index (χ0v) is 14.6. The molecular formula is C22H22N2O. The molecule has 126 valence electrons. The van der Waals surface area contributed by atoms with Crippen LogP contribution in [0.3, 0.4) is 0 Å². The van der Waals surface area contributed by atoms with Gasteiger partial charge in [-0.2, -0.15) is 5.10 Å². The van der Waals surface area contributed by atoms with Crippen molar-refractivity contribution in [2.24, 2.45) is 5.10 Å². The minimum atomic E-state index is -0.196. The summed E-state index contributed by atoms with van der Waals surface area (Å²) in [5.41, 5.74) is 6.43. The summed E-state index contributed by atoms with van der Waals surface area (Å²) in [7, 11) is 0. The van der Waals surface area contributed by atoms with Crippen molar-refractivity contribution in [1.82, 2.24) is 5.43 Å². The minimum absolute atomic E-state index is 0.196. The number of aryl methyl sites for hydroxylation is 1. The summed E-state index contributed by atoms with van der Waals surface area (Å²) < 4.78 is 0. The second-order valence-corrected chi connectivity index (χ2v) is 6.11. The SMILES string of the molecule is CCCc1ccc(C(C)=NNC(=O)c2cccc3ccccc23)cc1. The van der Waals surface area contributed by atoms with Gasteiger partial charge in [0.1, 0.15) is 0 Å². The van der Waals surface area contributed by atoms with E-state index >= 15 is 0 Å². The number of hydrazone groups is 1. The van der Waals surface area contributed by atoms with Gasteiger partial charge in [-0.25, -0.2) is 5.43 Å². The van der Waals surface area contributed by atoms with Gasteiger partial charge in [0.05, 0.1) is 5.71 Å². The molecule has 3 rings (SSSR count). The lowest BCUT2D eigenvalue weighted by Crippen LogP contribution is -2.19. The zero-order valence-electron chi connectivity index (χ0n) is 14.6. The maximum Gasteiger partial charge on any atom is 0.272 e. The van der Waals surface area contributed by atoms with Gasteiger partial charge in [0.2, 0.25) is 0 Å². The van der Waals surface area contributed by atoms with Crippen molar-refractivity contribution in [2.75, 3.05) is 0 Å². The number of rotatable bonds is 5. The topological polar surface area (TPSA) is 41.5 Å². The number of hydrogen-bond acceptors (Lipinski definition) is 2. The molecule has 0 aliphatic carbocycles. The summed E-state index contributed by atoms with van der Waals surface area (Å²) in [6, 6.07) is 21.9. The van der Waals surface area contributed by atoms with Crippen LogP contribution >= 0.6 is 0 Å². The summed E-state index contributed by atoms with van der Waals surface area (Å²) >= 11 is 0. The van der Waals surface area contributed by atoms with Crippen LogP contribution < -0.4 is 5.43 Å². The van der Waals surface area contributed by atoms with Gasteiger partial charge in [0, 0.05) is 5.56 Å². The number of carbonyl (C=O) groups is 1. The molecule has 0 radical (unpaired) electrons. The summed E-state index contributed by atoms with van der Waals surface area (Å²) in [6.45, 7) is 4.07. The number of hydrogen-bond donors (Lipinski definition) is 1. The van der Waals surface area contributed by atoms with Gasteiger partial charge in [0.25, 0.3) is 5.91 Å². The van der Waals surface area contributed by atoms with E-state index in [4.69, 9.17) is 0 Å². The Balaban J connectivity index is 1.77. The van der Waals surface area contributed by atoms with Crippen molar-refractivity contribution in [3.63, 3.8) is 0 Å². The summed E-state index contributed by atoms with van der Waals surface area (Å²) in [6.07, 6.45) is 2.21. The third-order valence-corrected chi connectivity index (χ3v) is 4.27. The fourth-order valence-electron chi connectivity index (χ4n) is 2.88. The van der Waals surface area contributed by atoms with Crippen molar-refractivity contribution in [1.29, 1.82) is 0 Å². The third-order valence-electron chi connectivity index (χ3n) is 4.27.